The van der Waals surface area contributed by atoms with Gasteiger partial charge in [0, 0.05) is 31.3 Å². The summed E-state index contributed by atoms with van der Waals surface area (Å²) in [5.74, 6) is 1.49. The summed E-state index contributed by atoms with van der Waals surface area (Å²) in [6.07, 6.45) is 4.37. The van der Waals surface area contributed by atoms with Crippen molar-refractivity contribution in [2.75, 3.05) is 40.4 Å². The number of amides is 1. The normalized spacial score (nSPS) is 15.8. The van der Waals surface area contributed by atoms with Crippen molar-refractivity contribution in [1.82, 2.24) is 10.2 Å². The number of ether oxygens (including phenoxy) is 2. The van der Waals surface area contributed by atoms with Crippen molar-refractivity contribution in [1.29, 1.82) is 0 Å². The average molecular weight is 290 g/mol. The molecule has 1 amide bonds. The molecule has 0 atom stereocenters. The molecule has 0 aromatic heterocycles. The Balaban J connectivity index is 2.10. The van der Waals surface area contributed by atoms with Crippen LogP contribution >= 0.6 is 0 Å². The number of hydrogen-bond donors (Lipinski definition) is 1. The predicted octanol–water partition coefficient (Wildman–Crippen LogP) is 1.54. The monoisotopic (exact) mass is 290 g/mol. The van der Waals surface area contributed by atoms with E-state index in [1.54, 1.807) is 26.4 Å². The van der Waals surface area contributed by atoms with E-state index in [2.05, 4.69) is 5.32 Å². The third kappa shape index (κ3) is 4.23. The lowest BCUT2D eigenvalue weighted by atomic mass is 10.1. The number of carbonyl (C=O) groups is 1. The molecule has 1 saturated heterocycles. The number of methoxy groups -OCH3 is 2. The Morgan fingerprint density at radius 1 is 1.24 bits per heavy atom. The van der Waals surface area contributed by atoms with Crippen LogP contribution in [0.1, 0.15) is 12.0 Å². The van der Waals surface area contributed by atoms with Crippen molar-refractivity contribution in [3.8, 4) is 11.5 Å². The molecule has 114 valence electrons. The maximum absolute atomic E-state index is 12.2. The zero-order valence-electron chi connectivity index (χ0n) is 12.6. The highest BCUT2D eigenvalue weighted by atomic mass is 16.5. The van der Waals surface area contributed by atoms with Gasteiger partial charge in [-0.1, -0.05) is 0 Å². The van der Waals surface area contributed by atoms with E-state index in [0.717, 1.165) is 49.7 Å². The molecule has 1 heterocycles. The largest absolute Gasteiger partial charge is 0.497 e. The van der Waals surface area contributed by atoms with Crippen LogP contribution in [0.15, 0.2) is 24.3 Å². The smallest absolute Gasteiger partial charge is 0.246 e. The lowest BCUT2D eigenvalue weighted by molar-refractivity contribution is -0.125. The SMILES string of the molecule is COc1ccc(OC)c(/C=C/C(=O)N2CCCNCC2)c1. The summed E-state index contributed by atoms with van der Waals surface area (Å²) in [5, 5.41) is 3.28. The average Bonchev–Trinajstić information content (AvgIpc) is 2.81. The Labute approximate surface area is 125 Å². The molecule has 5 nitrogen and oxygen atoms in total. The zero-order chi connectivity index (χ0) is 15.1. The van der Waals surface area contributed by atoms with Crippen molar-refractivity contribution < 1.29 is 14.3 Å². The van der Waals surface area contributed by atoms with E-state index >= 15 is 0 Å². The minimum atomic E-state index is 0.0311. The van der Waals surface area contributed by atoms with Gasteiger partial charge in [0.15, 0.2) is 0 Å². The van der Waals surface area contributed by atoms with Crippen molar-refractivity contribution in [3.63, 3.8) is 0 Å². The third-order valence-electron chi connectivity index (χ3n) is 3.49. The predicted molar refractivity (Wildman–Crippen MR) is 82.6 cm³/mol. The van der Waals surface area contributed by atoms with Crippen LogP contribution in [-0.2, 0) is 4.79 Å². The molecule has 0 spiro atoms. The number of benzene rings is 1. The maximum Gasteiger partial charge on any atom is 0.246 e. The molecule has 1 fully saturated rings. The van der Waals surface area contributed by atoms with Crippen LogP contribution in [0.3, 0.4) is 0 Å². The summed E-state index contributed by atoms with van der Waals surface area (Å²) in [5.41, 5.74) is 0.832. The molecule has 1 aromatic rings. The topological polar surface area (TPSA) is 50.8 Å². The lowest BCUT2D eigenvalue weighted by Gasteiger charge is -2.17. The summed E-state index contributed by atoms with van der Waals surface area (Å²) in [4.78, 5) is 14.1. The van der Waals surface area contributed by atoms with Crippen LogP contribution in [0.4, 0.5) is 0 Å². The van der Waals surface area contributed by atoms with E-state index in [1.165, 1.54) is 0 Å². The van der Waals surface area contributed by atoms with E-state index in [-0.39, 0.29) is 5.91 Å². The van der Waals surface area contributed by atoms with Crippen LogP contribution in [0.25, 0.3) is 6.08 Å². The number of nitrogens with one attached hydrogen (secondary N) is 1. The third-order valence-corrected chi connectivity index (χ3v) is 3.49. The number of nitrogens with zero attached hydrogens (tertiary/aromatic N) is 1. The fourth-order valence-corrected chi connectivity index (χ4v) is 2.30. The summed E-state index contributed by atoms with van der Waals surface area (Å²) in [6, 6.07) is 5.52. The van der Waals surface area contributed by atoms with E-state index in [9.17, 15) is 4.79 Å². The Hall–Kier alpha value is -2.01. The fraction of sp³-hybridized carbons (Fsp3) is 0.438. The highest BCUT2D eigenvalue weighted by Crippen LogP contribution is 2.25. The molecule has 0 saturated carbocycles. The molecule has 1 aromatic carbocycles. The minimum Gasteiger partial charge on any atom is -0.497 e. The molecular weight excluding hydrogens is 268 g/mol. The van der Waals surface area contributed by atoms with Gasteiger partial charge in [-0.15, -0.1) is 0 Å². The van der Waals surface area contributed by atoms with Gasteiger partial charge in [-0.3, -0.25) is 4.79 Å². The Morgan fingerprint density at radius 3 is 2.86 bits per heavy atom. The van der Waals surface area contributed by atoms with Crippen molar-refractivity contribution in [3.05, 3.63) is 29.8 Å². The van der Waals surface area contributed by atoms with Gasteiger partial charge in [-0.25, -0.2) is 0 Å². The minimum absolute atomic E-state index is 0.0311. The highest BCUT2D eigenvalue weighted by molar-refractivity contribution is 5.92. The molecule has 21 heavy (non-hydrogen) atoms. The molecule has 5 heteroatoms. The molecule has 1 aliphatic heterocycles. The molecule has 2 rings (SSSR count). The second-order valence-electron chi connectivity index (χ2n) is 4.87. The van der Waals surface area contributed by atoms with E-state index in [0.29, 0.717) is 0 Å². The Bertz CT molecular complexity index is 506. The fourth-order valence-electron chi connectivity index (χ4n) is 2.30. The van der Waals surface area contributed by atoms with Gasteiger partial charge < -0.3 is 19.7 Å². The van der Waals surface area contributed by atoms with Crippen molar-refractivity contribution in [2.24, 2.45) is 0 Å². The summed E-state index contributed by atoms with van der Waals surface area (Å²) in [6.45, 7) is 3.36. The molecule has 0 bridgehead atoms. The standard InChI is InChI=1S/C16H22N2O3/c1-20-14-5-6-15(21-2)13(12-14)4-7-16(19)18-10-3-8-17-9-11-18/h4-7,12,17H,3,8-11H2,1-2H3/b7-4+. The second-order valence-corrected chi connectivity index (χ2v) is 4.87. The highest BCUT2D eigenvalue weighted by Gasteiger charge is 2.12. The van der Waals surface area contributed by atoms with Gasteiger partial charge >= 0.3 is 0 Å². The maximum atomic E-state index is 12.2. The van der Waals surface area contributed by atoms with E-state index in [1.807, 2.05) is 23.1 Å². The summed E-state index contributed by atoms with van der Waals surface area (Å²) in [7, 11) is 3.23. The van der Waals surface area contributed by atoms with Crippen LogP contribution < -0.4 is 14.8 Å². The molecular formula is C16H22N2O3. The molecule has 0 radical (unpaired) electrons. The van der Waals surface area contributed by atoms with Gasteiger partial charge in [-0.2, -0.15) is 0 Å². The van der Waals surface area contributed by atoms with Crippen LogP contribution in [0, 0.1) is 0 Å². The van der Waals surface area contributed by atoms with Gasteiger partial charge in [0.2, 0.25) is 5.91 Å². The molecule has 1 N–H and O–H groups in total. The van der Waals surface area contributed by atoms with Crippen molar-refractivity contribution >= 4 is 12.0 Å². The van der Waals surface area contributed by atoms with Crippen LogP contribution in [0.2, 0.25) is 0 Å². The first-order valence-electron chi connectivity index (χ1n) is 7.14. The summed E-state index contributed by atoms with van der Waals surface area (Å²) < 4.78 is 10.5. The van der Waals surface area contributed by atoms with Crippen LogP contribution in [0.5, 0.6) is 11.5 Å². The van der Waals surface area contributed by atoms with Crippen molar-refractivity contribution in [2.45, 2.75) is 6.42 Å². The van der Waals surface area contributed by atoms with Gasteiger partial charge in [0.1, 0.15) is 11.5 Å². The summed E-state index contributed by atoms with van der Waals surface area (Å²) >= 11 is 0. The first-order chi connectivity index (χ1) is 10.2. The molecule has 0 aliphatic carbocycles. The second kappa shape index (κ2) is 7.69. The first kappa shape index (κ1) is 15.4. The van der Waals surface area contributed by atoms with Gasteiger partial charge in [0.25, 0.3) is 0 Å². The van der Waals surface area contributed by atoms with Crippen LogP contribution in [-0.4, -0.2) is 51.2 Å². The molecule has 1 aliphatic rings. The zero-order valence-corrected chi connectivity index (χ0v) is 12.6. The van der Waals surface area contributed by atoms with E-state index in [4.69, 9.17) is 9.47 Å². The quantitative estimate of drug-likeness (QED) is 0.855. The number of hydrogen-bond acceptors (Lipinski definition) is 4. The van der Waals surface area contributed by atoms with E-state index < -0.39 is 0 Å². The molecule has 0 unspecified atom stereocenters. The lowest BCUT2D eigenvalue weighted by Crippen LogP contribution is -2.32. The van der Waals surface area contributed by atoms with Gasteiger partial charge in [0.05, 0.1) is 14.2 Å². The first-order valence-corrected chi connectivity index (χ1v) is 7.14. The number of carbonyl (C=O) groups excluding carboxylic acids is 1. The number of rotatable bonds is 4. The Morgan fingerprint density at radius 2 is 2.10 bits per heavy atom. The van der Waals surface area contributed by atoms with Gasteiger partial charge in [-0.05, 0) is 37.2 Å². The Kier molecular flexibility index (Phi) is 5.63.